The van der Waals surface area contributed by atoms with Crippen molar-refractivity contribution in [3.8, 4) is 0 Å². The Bertz CT molecular complexity index is 1140. The van der Waals surface area contributed by atoms with Crippen molar-refractivity contribution >= 4 is 28.5 Å². The van der Waals surface area contributed by atoms with Crippen molar-refractivity contribution in [2.75, 3.05) is 25.6 Å². The summed E-state index contributed by atoms with van der Waals surface area (Å²) in [5.74, 6) is 0.396. The third kappa shape index (κ3) is 4.00. The average molecular weight is 433 g/mol. The third-order valence-electron chi connectivity index (χ3n) is 6.66. The Morgan fingerprint density at radius 2 is 2.03 bits per heavy atom. The van der Waals surface area contributed by atoms with E-state index in [9.17, 15) is 9.59 Å². The van der Waals surface area contributed by atoms with E-state index in [0.29, 0.717) is 28.7 Å². The molecule has 1 aliphatic carbocycles. The molecule has 0 spiro atoms. The highest BCUT2D eigenvalue weighted by Gasteiger charge is 2.41. The van der Waals surface area contributed by atoms with Gasteiger partial charge in [-0.3, -0.25) is 9.59 Å². The maximum absolute atomic E-state index is 13.7. The predicted octanol–water partition coefficient (Wildman–Crippen LogP) is 3.49. The Kier molecular flexibility index (Phi) is 5.66. The third-order valence-corrected chi connectivity index (χ3v) is 6.66. The van der Waals surface area contributed by atoms with Crippen molar-refractivity contribution in [2.24, 2.45) is 5.92 Å². The first-order valence-corrected chi connectivity index (χ1v) is 11.2. The number of benzene rings is 2. The first-order valence-electron chi connectivity index (χ1n) is 11.2. The second kappa shape index (κ2) is 8.74. The van der Waals surface area contributed by atoms with E-state index in [1.807, 2.05) is 29.2 Å². The van der Waals surface area contributed by atoms with Gasteiger partial charge >= 0.3 is 0 Å². The standard InChI is InChI=1S/C25H28N4O3/c1-32-15-23(30)27-19-12-21(25(31)29-14-18-7-8-20(29)11-18)24-22(13-19)26-16-28(24)10-9-17-5-3-2-4-6-17/h2-6,12-13,16,18,20H,7-11,14-15H2,1H3,(H,27,30). The second-order valence-electron chi connectivity index (χ2n) is 8.84. The first-order chi connectivity index (χ1) is 15.6. The molecule has 3 aromatic rings. The number of fused-ring (bicyclic) bond motifs is 3. The molecule has 1 saturated carbocycles. The van der Waals surface area contributed by atoms with Crippen molar-refractivity contribution in [2.45, 2.75) is 38.3 Å². The summed E-state index contributed by atoms with van der Waals surface area (Å²) >= 11 is 0. The molecule has 2 heterocycles. The summed E-state index contributed by atoms with van der Waals surface area (Å²) in [7, 11) is 1.48. The number of piperidine rings is 1. The average Bonchev–Trinajstić information content (AvgIpc) is 3.53. The molecule has 166 valence electrons. The topological polar surface area (TPSA) is 76.5 Å². The summed E-state index contributed by atoms with van der Waals surface area (Å²) in [5.41, 5.74) is 3.95. The van der Waals surface area contributed by atoms with Gasteiger partial charge in [0, 0.05) is 31.9 Å². The number of hydrogen-bond donors (Lipinski definition) is 1. The number of imidazole rings is 1. The van der Waals surface area contributed by atoms with Crippen molar-refractivity contribution < 1.29 is 14.3 Å². The van der Waals surface area contributed by atoms with Gasteiger partial charge in [0.15, 0.2) is 0 Å². The molecular formula is C25H28N4O3. The van der Waals surface area contributed by atoms with Crippen molar-refractivity contribution in [3.63, 3.8) is 0 Å². The van der Waals surface area contributed by atoms with Crippen LogP contribution in [0.25, 0.3) is 11.0 Å². The summed E-state index contributed by atoms with van der Waals surface area (Å²) in [6.45, 7) is 1.51. The Morgan fingerprint density at radius 3 is 2.75 bits per heavy atom. The highest BCUT2D eigenvalue weighted by molar-refractivity contribution is 6.08. The lowest BCUT2D eigenvalue weighted by Gasteiger charge is -2.27. The van der Waals surface area contributed by atoms with Crippen LogP contribution in [0.5, 0.6) is 0 Å². The lowest BCUT2D eigenvalue weighted by Crippen LogP contribution is -2.38. The number of aromatic nitrogens is 2. The molecule has 1 aliphatic heterocycles. The van der Waals surface area contributed by atoms with E-state index < -0.39 is 0 Å². The van der Waals surface area contributed by atoms with Gasteiger partial charge in [-0.25, -0.2) is 4.98 Å². The fourth-order valence-electron chi connectivity index (χ4n) is 5.16. The number of nitrogens with zero attached hydrogens (tertiary/aromatic N) is 3. The van der Waals surface area contributed by atoms with E-state index in [2.05, 4.69) is 27.0 Å². The number of ether oxygens (including phenoxy) is 1. The lowest BCUT2D eigenvalue weighted by molar-refractivity contribution is -0.119. The van der Waals surface area contributed by atoms with Crippen LogP contribution in [-0.4, -0.2) is 52.6 Å². The van der Waals surface area contributed by atoms with Crippen LogP contribution in [0.2, 0.25) is 0 Å². The molecule has 7 nitrogen and oxygen atoms in total. The number of amides is 2. The monoisotopic (exact) mass is 432 g/mol. The van der Waals surface area contributed by atoms with Crippen LogP contribution in [0.4, 0.5) is 5.69 Å². The van der Waals surface area contributed by atoms with Crippen LogP contribution < -0.4 is 5.32 Å². The molecule has 0 radical (unpaired) electrons. The number of carbonyl (C=O) groups excluding carboxylic acids is 2. The molecule has 32 heavy (non-hydrogen) atoms. The van der Waals surface area contributed by atoms with E-state index in [1.54, 1.807) is 12.4 Å². The zero-order valence-corrected chi connectivity index (χ0v) is 18.3. The highest BCUT2D eigenvalue weighted by Crippen LogP contribution is 2.39. The number of aryl methyl sites for hydroxylation is 2. The van der Waals surface area contributed by atoms with Crippen molar-refractivity contribution in [1.29, 1.82) is 0 Å². The van der Waals surface area contributed by atoms with E-state index >= 15 is 0 Å². The van der Waals surface area contributed by atoms with Gasteiger partial charge < -0.3 is 19.5 Å². The van der Waals surface area contributed by atoms with Gasteiger partial charge in [-0.05, 0) is 49.3 Å². The molecule has 2 fully saturated rings. The molecule has 2 unspecified atom stereocenters. The van der Waals surface area contributed by atoms with Crippen LogP contribution in [0.15, 0.2) is 48.8 Å². The summed E-state index contributed by atoms with van der Waals surface area (Å²) in [4.78, 5) is 32.4. The summed E-state index contributed by atoms with van der Waals surface area (Å²) in [5, 5.41) is 2.84. The number of methoxy groups -OCH3 is 1. The van der Waals surface area contributed by atoms with Crippen LogP contribution in [-0.2, 0) is 22.5 Å². The lowest BCUT2D eigenvalue weighted by atomic mass is 10.1. The fraction of sp³-hybridized carbons (Fsp3) is 0.400. The predicted molar refractivity (Wildman–Crippen MR) is 123 cm³/mol. The molecule has 2 bridgehead atoms. The minimum atomic E-state index is -0.256. The molecule has 2 atom stereocenters. The maximum atomic E-state index is 13.7. The Balaban J connectivity index is 1.50. The summed E-state index contributed by atoms with van der Waals surface area (Å²) < 4.78 is 6.99. The first kappa shape index (κ1) is 20.7. The van der Waals surface area contributed by atoms with E-state index in [-0.39, 0.29) is 18.4 Å². The largest absolute Gasteiger partial charge is 0.375 e. The van der Waals surface area contributed by atoms with Gasteiger partial charge in [-0.1, -0.05) is 30.3 Å². The quantitative estimate of drug-likeness (QED) is 0.620. The van der Waals surface area contributed by atoms with Gasteiger partial charge in [0.05, 0.1) is 22.9 Å². The Labute approximate surface area is 187 Å². The SMILES string of the molecule is COCC(=O)Nc1cc(C(=O)N2CC3CCC2C3)c2c(c1)ncn2CCc1ccccc1. The zero-order valence-electron chi connectivity index (χ0n) is 18.3. The van der Waals surface area contributed by atoms with Gasteiger partial charge in [0.2, 0.25) is 5.91 Å². The number of anilines is 1. The summed E-state index contributed by atoms with van der Waals surface area (Å²) in [6.07, 6.45) is 6.04. The van der Waals surface area contributed by atoms with E-state index in [1.165, 1.54) is 19.1 Å². The van der Waals surface area contributed by atoms with E-state index in [0.717, 1.165) is 37.9 Å². The Hall–Kier alpha value is -3.19. The minimum absolute atomic E-state index is 0.0338. The van der Waals surface area contributed by atoms with Crippen molar-refractivity contribution in [1.82, 2.24) is 14.5 Å². The molecular weight excluding hydrogens is 404 g/mol. The molecule has 5 rings (SSSR count). The van der Waals surface area contributed by atoms with E-state index in [4.69, 9.17) is 4.74 Å². The number of rotatable bonds is 7. The zero-order chi connectivity index (χ0) is 22.1. The highest BCUT2D eigenvalue weighted by atomic mass is 16.5. The molecule has 2 amide bonds. The second-order valence-corrected chi connectivity index (χ2v) is 8.84. The molecule has 1 N–H and O–H groups in total. The fourth-order valence-corrected chi connectivity index (χ4v) is 5.16. The molecule has 2 aliphatic rings. The van der Waals surface area contributed by atoms with Crippen LogP contribution in [0, 0.1) is 5.92 Å². The normalized spacial score (nSPS) is 19.6. The molecule has 2 aromatic carbocycles. The Morgan fingerprint density at radius 1 is 1.19 bits per heavy atom. The van der Waals surface area contributed by atoms with Gasteiger partial charge in [-0.15, -0.1) is 0 Å². The van der Waals surface area contributed by atoms with Crippen molar-refractivity contribution in [3.05, 3.63) is 59.9 Å². The number of likely N-dealkylation sites (tertiary alicyclic amines) is 1. The summed E-state index contributed by atoms with van der Waals surface area (Å²) in [6, 6.07) is 14.2. The maximum Gasteiger partial charge on any atom is 0.256 e. The molecule has 1 aromatic heterocycles. The van der Waals surface area contributed by atoms with Crippen LogP contribution >= 0.6 is 0 Å². The molecule has 1 saturated heterocycles. The number of carbonyl (C=O) groups is 2. The van der Waals surface area contributed by atoms with Crippen LogP contribution in [0.3, 0.4) is 0 Å². The molecule has 7 heteroatoms. The number of hydrogen-bond acceptors (Lipinski definition) is 4. The smallest absolute Gasteiger partial charge is 0.256 e. The van der Waals surface area contributed by atoms with Crippen LogP contribution in [0.1, 0.15) is 35.2 Å². The van der Waals surface area contributed by atoms with Gasteiger partial charge in [0.25, 0.3) is 5.91 Å². The van der Waals surface area contributed by atoms with Gasteiger partial charge in [0.1, 0.15) is 6.61 Å². The number of nitrogens with one attached hydrogen (secondary N) is 1. The minimum Gasteiger partial charge on any atom is -0.375 e. The van der Waals surface area contributed by atoms with Gasteiger partial charge in [-0.2, -0.15) is 0 Å².